The smallest absolute Gasteiger partial charge is 0.420 e. The van der Waals surface area contributed by atoms with Gasteiger partial charge < -0.3 is 19.4 Å². The molecule has 162 valence electrons. The number of amides is 1. The summed E-state index contributed by atoms with van der Waals surface area (Å²) in [6, 6.07) is 7.42. The topological polar surface area (TPSA) is 67.6 Å². The number of nitrogens with zero attached hydrogens (tertiary/aromatic N) is 2. The Morgan fingerprint density at radius 2 is 2.00 bits per heavy atom. The van der Waals surface area contributed by atoms with Gasteiger partial charge in [0, 0.05) is 30.2 Å². The van der Waals surface area contributed by atoms with E-state index in [1.807, 2.05) is 0 Å². The number of hydrogen-bond acceptors (Lipinski definition) is 5. The molecule has 31 heavy (non-hydrogen) atoms. The van der Waals surface area contributed by atoms with E-state index >= 15 is 0 Å². The van der Waals surface area contributed by atoms with Crippen LogP contribution in [0, 0.1) is 5.41 Å². The van der Waals surface area contributed by atoms with E-state index in [9.17, 15) is 18.0 Å². The maximum absolute atomic E-state index is 13.7. The lowest BCUT2D eigenvalue weighted by atomic mass is 9.78. The zero-order valence-corrected chi connectivity index (χ0v) is 16.8. The van der Waals surface area contributed by atoms with Gasteiger partial charge >= 0.3 is 6.18 Å². The van der Waals surface area contributed by atoms with Crippen molar-refractivity contribution < 1.29 is 27.1 Å². The van der Waals surface area contributed by atoms with E-state index in [0.717, 1.165) is 6.07 Å². The van der Waals surface area contributed by atoms with Crippen LogP contribution in [0.4, 0.5) is 13.2 Å². The molecule has 2 aliphatic heterocycles. The van der Waals surface area contributed by atoms with Crippen LogP contribution in [0.25, 0.3) is 22.2 Å². The quantitative estimate of drug-likeness (QED) is 0.682. The number of nitrogens with one attached hydrogen (secondary N) is 1. The lowest BCUT2D eigenvalue weighted by molar-refractivity contribution is -0.176. The predicted molar refractivity (Wildman–Crippen MR) is 106 cm³/mol. The second-order valence-electron chi connectivity index (χ2n) is 8.27. The van der Waals surface area contributed by atoms with E-state index in [-0.39, 0.29) is 16.9 Å². The van der Waals surface area contributed by atoms with E-state index in [4.69, 9.17) is 9.15 Å². The fourth-order valence-electron chi connectivity index (χ4n) is 4.18. The number of hydrogen-bond donors (Lipinski definition) is 1. The zero-order valence-electron chi connectivity index (χ0n) is 16.8. The van der Waals surface area contributed by atoms with Crippen molar-refractivity contribution in [2.75, 3.05) is 33.4 Å². The molecule has 1 spiro atoms. The summed E-state index contributed by atoms with van der Waals surface area (Å²) in [6.07, 6.45) is -3.16. The first kappa shape index (κ1) is 20.0. The Morgan fingerprint density at radius 3 is 2.58 bits per heavy atom. The minimum Gasteiger partial charge on any atom is -0.459 e. The van der Waals surface area contributed by atoms with Gasteiger partial charge in [-0.1, -0.05) is 0 Å². The summed E-state index contributed by atoms with van der Waals surface area (Å²) in [4.78, 5) is 18.6. The number of rotatable bonds is 4. The first-order chi connectivity index (χ1) is 14.8. The molecule has 0 unspecified atom stereocenters. The second-order valence-corrected chi connectivity index (χ2v) is 8.27. The molecule has 9 heteroatoms. The molecule has 2 aliphatic rings. The molecule has 0 saturated carbocycles. The third kappa shape index (κ3) is 3.47. The summed E-state index contributed by atoms with van der Waals surface area (Å²) in [6.45, 7) is 3.01. The van der Waals surface area contributed by atoms with Gasteiger partial charge in [-0.25, -0.2) is 0 Å². The number of benzene rings is 1. The lowest BCUT2D eigenvalue weighted by Gasteiger charge is -2.54. The van der Waals surface area contributed by atoms with Crippen molar-refractivity contribution in [1.29, 1.82) is 0 Å². The normalized spacial score (nSPS) is 17.6. The van der Waals surface area contributed by atoms with Crippen molar-refractivity contribution in [2.24, 2.45) is 5.41 Å². The number of alkyl halides is 3. The Bertz CT molecular complexity index is 1140. The van der Waals surface area contributed by atoms with E-state index in [1.54, 1.807) is 36.2 Å². The second kappa shape index (κ2) is 7.06. The molecule has 0 aliphatic carbocycles. The highest BCUT2D eigenvalue weighted by Crippen LogP contribution is 2.40. The summed E-state index contributed by atoms with van der Waals surface area (Å²) in [5.41, 5.74) is 0.148. The van der Waals surface area contributed by atoms with Crippen LogP contribution in [-0.2, 0) is 17.5 Å². The molecule has 2 fully saturated rings. The maximum atomic E-state index is 13.7. The van der Waals surface area contributed by atoms with Gasteiger partial charge in [-0.15, -0.1) is 0 Å². The Hall–Kier alpha value is -2.91. The highest BCUT2D eigenvalue weighted by atomic mass is 19.4. The van der Waals surface area contributed by atoms with Gasteiger partial charge in [0.1, 0.15) is 11.3 Å². The summed E-state index contributed by atoms with van der Waals surface area (Å²) in [5, 5.41) is 3.22. The minimum atomic E-state index is -4.57. The summed E-state index contributed by atoms with van der Waals surface area (Å²) < 4.78 is 51.6. The predicted octanol–water partition coefficient (Wildman–Crippen LogP) is 3.71. The number of ether oxygens (including phenoxy) is 1. The van der Waals surface area contributed by atoms with E-state index < -0.39 is 11.7 Å². The van der Waals surface area contributed by atoms with Crippen molar-refractivity contribution in [3.8, 4) is 11.3 Å². The van der Waals surface area contributed by atoms with Crippen molar-refractivity contribution in [2.45, 2.75) is 12.7 Å². The Kier molecular flexibility index (Phi) is 4.56. The van der Waals surface area contributed by atoms with Crippen LogP contribution in [-0.4, -0.2) is 49.1 Å². The Morgan fingerprint density at radius 1 is 1.23 bits per heavy atom. The third-order valence-corrected chi connectivity index (χ3v) is 5.79. The molecule has 0 atom stereocenters. The van der Waals surface area contributed by atoms with Gasteiger partial charge in [0.15, 0.2) is 0 Å². The van der Waals surface area contributed by atoms with Crippen molar-refractivity contribution in [1.82, 2.24) is 15.2 Å². The average Bonchev–Trinajstić information content (AvgIpc) is 3.07. The van der Waals surface area contributed by atoms with Crippen LogP contribution < -0.4 is 5.32 Å². The molecular weight excluding hydrogens is 411 g/mol. The van der Waals surface area contributed by atoms with Crippen LogP contribution in [0.15, 0.2) is 40.9 Å². The Balaban J connectivity index is 1.44. The fraction of sp³-hybridized carbons (Fsp3) is 0.364. The molecule has 5 rings (SSSR count). The molecule has 3 aromatic rings. The Labute approximate surface area is 176 Å². The van der Waals surface area contributed by atoms with E-state index in [2.05, 4.69) is 10.3 Å². The van der Waals surface area contributed by atoms with Crippen LogP contribution >= 0.6 is 0 Å². The molecule has 0 radical (unpaired) electrons. The number of aromatic nitrogens is 1. The molecule has 2 aromatic heterocycles. The SMILES string of the molecule is CNCc1cc2cc(-c3ccc(C(=O)N4CC5(COC5)C4)cn3)cc(C(F)(F)F)c2o1. The average molecular weight is 431 g/mol. The molecule has 4 heterocycles. The molecule has 6 nitrogen and oxygen atoms in total. The maximum Gasteiger partial charge on any atom is 0.420 e. The number of likely N-dealkylation sites (tertiary alicyclic amines) is 1. The van der Waals surface area contributed by atoms with Gasteiger partial charge in [0.25, 0.3) is 5.91 Å². The minimum absolute atomic E-state index is 0.114. The number of pyridine rings is 1. The molecule has 1 amide bonds. The molecular formula is C22H20F3N3O3. The van der Waals surface area contributed by atoms with Crippen LogP contribution in [0.2, 0.25) is 0 Å². The lowest BCUT2D eigenvalue weighted by Crippen LogP contribution is -2.67. The summed E-state index contributed by atoms with van der Waals surface area (Å²) in [7, 11) is 1.69. The largest absolute Gasteiger partial charge is 0.459 e. The fourth-order valence-corrected chi connectivity index (χ4v) is 4.18. The van der Waals surface area contributed by atoms with Crippen molar-refractivity contribution in [3.05, 3.63) is 53.4 Å². The van der Waals surface area contributed by atoms with E-state index in [0.29, 0.717) is 60.8 Å². The van der Waals surface area contributed by atoms with Gasteiger partial charge in [-0.3, -0.25) is 9.78 Å². The summed E-state index contributed by atoms with van der Waals surface area (Å²) >= 11 is 0. The molecule has 0 bridgehead atoms. The van der Waals surface area contributed by atoms with Gasteiger partial charge in [0.2, 0.25) is 0 Å². The van der Waals surface area contributed by atoms with Crippen molar-refractivity contribution >= 4 is 16.9 Å². The molecule has 1 aromatic carbocycles. The standard InChI is InChI=1S/C22H20F3N3O3/c1-26-8-16-5-15-4-14(6-17(19(15)31-16)22(23,24)25)18-3-2-13(7-27-18)20(29)28-9-21(10-28)11-30-12-21/h2-7,26H,8-12H2,1H3. The number of carbonyl (C=O) groups excluding carboxylic acids is 1. The monoisotopic (exact) mass is 431 g/mol. The van der Waals surface area contributed by atoms with Crippen molar-refractivity contribution in [3.63, 3.8) is 0 Å². The number of fused-ring (bicyclic) bond motifs is 1. The number of halogens is 3. The van der Waals surface area contributed by atoms with Crippen LogP contribution in [0.1, 0.15) is 21.7 Å². The van der Waals surface area contributed by atoms with Gasteiger partial charge in [-0.2, -0.15) is 13.2 Å². The van der Waals surface area contributed by atoms with E-state index in [1.165, 1.54) is 6.20 Å². The van der Waals surface area contributed by atoms with Crippen LogP contribution in [0.5, 0.6) is 0 Å². The first-order valence-electron chi connectivity index (χ1n) is 9.90. The number of carbonyl (C=O) groups is 1. The first-order valence-corrected chi connectivity index (χ1v) is 9.90. The summed E-state index contributed by atoms with van der Waals surface area (Å²) in [5.74, 6) is 0.285. The zero-order chi connectivity index (χ0) is 21.8. The molecule has 2 saturated heterocycles. The van der Waals surface area contributed by atoms with Crippen LogP contribution in [0.3, 0.4) is 0 Å². The molecule has 1 N–H and O–H groups in total. The highest BCUT2D eigenvalue weighted by molar-refractivity contribution is 5.95. The number of furan rings is 1. The van der Waals surface area contributed by atoms with Gasteiger partial charge in [-0.05, 0) is 37.4 Å². The van der Waals surface area contributed by atoms with Gasteiger partial charge in [0.05, 0.1) is 42.0 Å². The third-order valence-electron chi connectivity index (χ3n) is 5.79. The highest BCUT2D eigenvalue weighted by Gasteiger charge is 2.50.